The quantitative estimate of drug-likeness (QED) is 0.523. The number of amides is 1. The molecule has 0 fully saturated rings. The molecule has 5 heteroatoms. The number of hydrogen-bond acceptors (Lipinski definition) is 4. The summed E-state index contributed by atoms with van der Waals surface area (Å²) in [5.41, 5.74) is 5.20. The van der Waals surface area contributed by atoms with Crippen LogP contribution >= 0.6 is 0 Å². The highest BCUT2D eigenvalue weighted by Crippen LogP contribution is 1.87. The van der Waals surface area contributed by atoms with Crippen LogP contribution in [-0.4, -0.2) is 44.9 Å². The average Bonchev–Trinajstić information content (AvgIpc) is 2.16. The van der Waals surface area contributed by atoms with Gasteiger partial charge in [-0.1, -0.05) is 0 Å². The molecule has 0 heterocycles. The Kier molecular flexibility index (Phi) is 8.51. The molecule has 0 aromatic rings. The smallest absolute Gasteiger partial charge is 0.246 e. The molecule has 84 valence electrons. The summed E-state index contributed by atoms with van der Waals surface area (Å²) >= 11 is 0. The summed E-state index contributed by atoms with van der Waals surface area (Å²) in [6.07, 6.45) is 0.0402. The van der Waals surface area contributed by atoms with Crippen LogP contribution in [0.25, 0.3) is 0 Å². The molecule has 5 nitrogen and oxygen atoms in total. The second kappa shape index (κ2) is 8.93. The number of carbonyl (C=O) groups excluding carboxylic acids is 1. The number of hydrogen-bond donors (Lipinski definition) is 2. The molecule has 14 heavy (non-hydrogen) atoms. The first kappa shape index (κ1) is 13.4. The van der Waals surface area contributed by atoms with E-state index < -0.39 is 0 Å². The van der Waals surface area contributed by atoms with Gasteiger partial charge in [0.25, 0.3) is 0 Å². The summed E-state index contributed by atoms with van der Waals surface area (Å²) in [6, 6.07) is 0. The Morgan fingerprint density at radius 1 is 1.57 bits per heavy atom. The fourth-order valence-corrected chi connectivity index (χ4v) is 0.900. The molecule has 1 amide bonds. The van der Waals surface area contributed by atoms with Crippen molar-refractivity contribution in [2.45, 2.75) is 20.0 Å². The monoisotopic (exact) mass is 204 g/mol. The predicted molar refractivity (Wildman–Crippen MR) is 54.0 cm³/mol. The van der Waals surface area contributed by atoms with E-state index in [1.54, 1.807) is 0 Å². The van der Waals surface area contributed by atoms with Gasteiger partial charge in [0.2, 0.25) is 5.91 Å². The maximum Gasteiger partial charge on any atom is 0.246 e. The van der Waals surface area contributed by atoms with E-state index in [2.05, 4.69) is 5.32 Å². The zero-order chi connectivity index (χ0) is 10.8. The van der Waals surface area contributed by atoms with Crippen LogP contribution in [0.15, 0.2) is 0 Å². The molecule has 1 atom stereocenters. The van der Waals surface area contributed by atoms with E-state index in [1.165, 1.54) is 0 Å². The largest absolute Gasteiger partial charge is 0.377 e. The highest BCUT2D eigenvalue weighted by molar-refractivity contribution is 5.77. The minimum absolute atomic E-state index is 0.0402. The Bertz CT molecular complexity index is 153. The van der Waals surface area contributed by atoms with Crippen molar-refractivity contribution in [3.63, 3.8) is 0 Å². The normalized spacial score (nSPS) is 12.5. The van der Waals surface area contributed by atoms with Crippen LogP contribution < -0.4 is 11.1 Å². The molecule has 3 N–H and O–H groups in total. The van der Waals surface area contributed by atoms with Gasteiger partial charge in [-0.25, -0.2) is 0 Å². The molecule has 0 saturated carbocycles. The molecule has 0 radical (unpaired) electrons. The third-order valence-electron chi connectivity index (χ3n) is 1.53. The van der Waals surface area contributed by atoms with Crippen molar-refractivity contribution >= 4 is 5.91 Å². The van der Waals surface area contributed by atoms with Gasteiger partial charge in [-0.2, -0.15) is 0 Å². The summed E-state index contributed by atoms with van der Waals surface area (Å²) in [4.78, 5) is 11.1. The molecule has 0 rings (SSSR count). The van der Waals surface area contributed by atoms with E-state index in [4.69, 9.17) is 15.2 Å². The van der Waals surface area contributed by atoms with E-state index >= 15 is 0 Å². The topological polar surface area (TPSA) is 73.6 Å². The van der Waals surface area contributed by atoms with Crippen molar-refractivity contribution in [2.75, 3.05) is 32.9 Å². The summed E-state index contributed by atoms with van der Waals surface area (Å²) in [5, 5.41) is 2.70. The molecule has 0 aromatic carbocycles. The lowest BCUT2D eigenvalue weighted by Crippen LogP contribution is -2.34. The summed E-state index contributed by atoms with van der Waals surface area (Å²) in [5.74, 6) is -0.134. The molecule has 0 aliphatic carbocycles. The SMILES string of the molecule is CCOC(C)CNC(=O)COCCN. The molecular weight excluding hydrogens is 184 g/mol. The fraction of sp³-hybridized carbons (Fsp3) is 0.889. The van der Waals surface area contributed by atoms with Gasteiger partial charge < -0.3 is 20.5 Å². The summed E-state index contributed by atoms with van der Waals surface area (Å²) < 4.78 is 10.2. The Hall–Kier alpha value is -0.650. The molecule has 0 bridgehead atoms. The average molecular weight is 204 g/mol. The van der Waals surface area contributed by atoms with Crippen molar-refractivity contribution in [3.05, 3.63) is 0 Å². The Labute approximate surface area is 84.9 Å². The zero-order valence-electron chi connectivity index (χ0n) is 8.91. The van der Waals surface area contributed by atoms with Crippen LogP contribution in [0.3, 0.4) is 0 Å². The van der Waals surface area contributed by atoms with Crippen LogP contribution in [0, 0.1) is 0 Å². The van der Waals surface area contributed by atoms with E-state index in [0.717, 1.165) is 0 Å². The molecule has 0 aliphatic rings. The van der Waals surface area contributed by atoms with Gasteiger partial charge in [-0.05, 0) is 13.8 Å². The molecule has 0 saturated heterocycles. The number of nitrogens with two attached hydrogens (primary N) is 1. The number of ether oxygens (including phenoxy) is 2. The standard InChI is InChI=1S/C9H20N2O3/c1-3-14-8(2)6-11-9(12)7-13-5-4-10/h8H,3-7,10H2,1-2H3,(H,11,12). The first-order chi connectivity index (χ1) is 6.70. The lowest BCUT2D eigenvalue weighted by molar-refractivity contribution is -0.126. The van der Waals surface area contributed by atoms with E-state index in [1.807, 2.05) is 13.8 Å². The fourth-order valence-electron chi connectivity index (χ4n) is 0.900. The second-order valence-electron chi connectivity index (χ2n) is 2.91. The third-order valence-corrected chi connectivity index (χ3v) is 1.53. The molecule has 0 aromatic heterocycles. The van der Waals surface area contributed by atoms with Crippen molar-refractivity contribution in [2.24, 2.45) is 5.73 Å². The number of rotatable bonds is 8. The van der Waals surface area contributed by atoms with E-state index in [-0.39, 0.29) is 18.6 Å². The van der Waals surface area contributed by atoms with Gasteiger partial charge >= 0.3 is 0 Å². The lowest BCUT2D eigenvalue weighted by atomic mass is 10.4. The first-order valence-electron chi connectivity index (χ1n) is 4.86. The predicted octanol–water partition coefficient (Wildman–Crippen LogP) is -0.497. The van der Waals surface area contributed by atoms with Crippen LogP contribution in [-0.2, 0) is 14.3 Å². The molecule has 1 unspecified atom stereocenters. The Morgan fingerprint density at radius 2 is 2.29 bits per heavy atom. The van der Waals surface area contributed by atoms with Gasteiger partial charge in [-0.3, -0.25) is 4.79 Å². The number of carbonyl (C=O) groups is 1. The lowest BCUT2D eigenvalue weighted by Gasteiger charge is -2.12. The van der Waals surface area contributed by atoms with Crippen molar-refractivity contribution in [1.82, 2.24) is 5.32 Å². The van der Waals surface area contributed by atoms with E-state index in [9.17, 15) is 4.79 Å². The minimum atomic E-state index is -0.134. The maximum absolute atomic E-state index is 11.1. The van der Waals surface area contributed by atoms with Crippen LogP contribution in [0.1, 0.15) is 13.8 Å². The van der Waals surface area contributed by atoms with Crippen molar-refractivity contribution in [3.8, 4) is 0 Å². The van der Waals surface area contributed by atoms with Crippen LogP contribution in [0.5, 0.6) is 0 Å². The van der Waals surface area contributed by atoms with Gasteiger partial charge in [0.05, 0.1) is 12.7 Å². The van der Waals surface area contributed by atoms with Crippen molar-refractivity contribution in [1.29, 1.82) is 0 Å². The Balaban J connectivity index is 3.34. The van der Waals surface area contributed by atoms with Crippen LogP contribution in [0.2, 0.25) is 0 Å². The second-order valence-corrected chi connectivity index (χ2v) is 2.91. The highest BCUT2D eigenvalue weighted by atomic mass is 16.5. The van der Waals surface area contributed by atoms with Crippen LogP contribution in [0.4, 0.5) is 0 Å². The van der Waals surface area contributed by atoms with E-state index in [0.29, 0.717) is 26.3 Å². The summed E-state index contributed by atoms with van der Waals surface area (Å²) in [7, 11) is 0. The maximum atomic E-state index is 11.1. The molecule has 0 aliphatic heterocycles. The zero-order valence-corrected chi connectivity index (χ0v) is 8.91. The van der Waals surface area contributed by atoms with Gasteiger partial charge in [0, 0.05) is 19.7 Å². The van der Waals surface area contributed by atoms with Gasteiger partial charge in [-0.15, -0.1) is 0 Å². The van der Waals surface area contributed by atoms with Gasteiger partial charge in [0.15, 0.2) is 0 Å². The minimum Gasteiger partial charge on any atom is -0.377 e. The highest BCUT2D eigenvalue weighted by Gasteiger charge is 2.04. The number of nitrogens with one attached hydrogen (secondary N) is 1. The van der Waals surface area contributed by atoms with Gasteiger partial charge in [0.1, 0.15) is 6.61 Å². The molecular formula is C9H20N2O3. The third kappa shape index (κ3) is 7.97. The van der Waals surface area contributed by atoms with Crippen molar-refractivity contribution < 1.29 is 14.3 Å². The first-order valence-corrected chi connectivity index (χ1v) is 4.86. The molecule has 0 spiro atoms. The Morgan fingerprint density at radius 3 is 2.86 bits per heavy atom. The summed E-state index contributed by atoms with van der Waals surface area (Å²) in [6.45, 7) is 5.90.